The van der Waals surface area contributed by atoms with Crippen LogP contribution in [0.1, 0.15) is 29.5 Å². The minimum absolute atomic E-state index is 0. The summed E-state index contributed by atoms with van der Waals surface area (Å²) >= 11 is 0. The van der Waals surface area contributed by atoms with Gasteiger partial charge in [-0.2, -0.15) is 13.2 Å². The van der Waals surface area contributed by atoms with Gasteiger partial charge >= 0.3 is 6.18 Å². The van der Waals surface area contributed by atoms with Gasteiger partial charge in [-0.15, -0.1) is 12.4 Å². The van der Waals surface area contributed by atoms with E-state index in [0.29, 0.717) is 19.6 Å². The van der Waals surface area contributed by atoms with E-state index in [4.69, 9.17) is 0 Å². The number of hydrogen-bond acceptors (Lipinski definition) is 3. The third-order valence-electron chi connectivity index (χ3n) is 4.61. The van der Waals surface area contributed by atoms with E-state index in [1.807, 2.05) is 6.07 Å². The Morgan fingerprint density at radius 2 is 1.96 bits per heavy atom. The van der Waals surface area contributed by atoms with E-state index in [1.165, 1.54) is 17.0 Å². The van der Waals surface area contributed by atoms with Gasteiger partial charge in [0.2, 0.25) is 5.91 Å². The smallest absolute Gasteiger partial charge is 0.333 e. The molecule has 0 radical (unpaired) electrons. The fraction of sp³-hybridized carbons (Fsp3) is 0.368. The molecule has 146 valence electrons. The zero-order valence-corrected chi connectivity index (χ0v) is 15.3. The first-order valence-corrected chi connectivity index (χ1v) is 8.48. The average molecular weight is 400 g/mol. The number of amides is 1. The minimum atomic E-state index is -4.48. The van der Waals surface area contributed by atoms with Crippen LogP contribution in [-0.2, 0) is 4.79 Å². The van der Waals surface area contributed by atoms with Crippen LogP contribution in [0.25, 0.3) is 0 Å². The highest BCUT2D eigenvalue weighted by Crippen LogP contribution is 2.38. The SMILES string of the molecule is Cl.O=C(CC(c1ccccc1)C(F)(F)F)N1CCNCC1c1cccnc1. The fourth-order valence-electron chi connectivity index (χ4n) is 3.27. The predicted molar refractivity (Wildman–Crippen MR) is 98.7 cm³/mol. The molecule has 0 saturated carbocycles. The third kappa shape index (κ3) is 5.20. The lowest BCUT2D eigenvalue weighted by molar-refractivity contribution is -0.162. The maximum atomic E-state index is 13.6. The molecule has 1 N–H and O–H groups in total. The lowest BCUT2D eigenvalue weighted by Crippen LogP contribution is -2.49. The van der Waals surface area contributed by atoms with E-state index in [2.05, 4.69) is 10.3 Å². The second-order valence-corrected chi connectivity index (χ2v) is 6.30. The summed E-state index contributed by atoms with van der Waals surface area (Å²) in [5.41, 5.74) is 0.928. The molecule has 8 heteroatoms. The summed E-state index contributed by atoms with van der Waals surface area (Å²) in [6, 6.07) is 10.9. The molecule has 2 atom stereocenters. The van der Waals surface area contributed by atoms with Gasteiger partial charge in [0.25, 0.3) is 0 Å². The van der Waals surface area contributed by atoms with Crippen molar-refractivity contribution < 1.29 is 18.0 Å². The Kier molecular flexibility index (Phi) is 7.21. The van der Waals surface area contributed by atoms with Crippen LogP contribution in [-0.4, -0.2) is 41.6 Å². The molecular weight excluding hydrogens is 379 g/mol. The molecular formula is C19H21ClF3N3O. The number of carbonyl (C=O) groups is 1. The summed E-state index contributed by atoms with van der Waals surface area (Å²) < 4.78 is 40.7. The van der Waals surface area contributed by atoms with Crippen molar-refractivity contribution in [2.75, 3.05) is 19.6 Å². The fourth-order valence-corrected chi connectivity index (χ4v) is 3.27. The zero-order valence-electron chi connectivity index (χ0n) is 14.5. The van der Waals surface area contributed by atoms with Crippen LogP contribution >= 0.6 is 12.4 Å². The Labute approximate surface area is 162 Å². The maximum absolute atomic E-state index is 13.6. The second kappa shape index (κ2) is 9.19. The molecule has 1 aliphatic rings. The Balaban J connectivity index is 0.00000261. The number of pyridine rings is 1. The molecule has 1 amide bonds. The first kappa shape index (κ1) is 21.2. The van der Waals surface area contributed by atoms with E-state index in [0.717, 1.165) is 5.56 Å². The van der Waals surface area contributed by atoms with Crippen molar-refractivity contribution in [3.63, 3.8) is 0 Å². The molecule has 0 aliphatic carbocycles. The van der Waals surface area contributed by atoms with E-state index in [-0.39, 0.29) is 24.0 Å². The number of aromatic nitrogens is 1. The standard InChI is InChI=1S/C19H20F3N3O.ClH/c20-19(21,22)16(14-5-2-1-3-6-14)11-18(26)25-10-9-24-13-17(25)15-7-4-8-23-12-15;/h1-8,12,16-17,24H,9-11,13H2;1H. The van der Waals surface area contributed by atoms with Crippen molar-refractivity contribution in [3.8, 4) is 0 Å². The van der Waals surface area contributed by atoms with Crippen molar-refractivity contribution in [1.82, 2.24) is 15.2 Å². The van der Waals surface area contributed by atoms with E-state index in [9.17, 15) is 18.0 Å². The predicted octanol–water partition coefficient (Wildman–Crippen LogP) is 3.71. The molecule has 1 aromatic carbocycles. The van der Waals surface area contributed by atoms with Gasteiger partial charge in [-0.05, 0) is 17.2 Å². The second-order valence-electron chi connectivity index (χ2n) is 6.30. The number of nitrogens with zero attached hydrogens (tertiary/aromatic N) is 2. The summed E-state index contributed by atoms with van der Waals surface area (Å²) in [6.45, 7) is 1.43. The lowest BCUT2D eigenvalue weighted by atomic mass is 9.93. The van der Waals surface area contributed by atoms with Gasteiger partial charge in [0.1, 0.15) is 0 Å². The van der Waals surface area contributed by atoms with Crippen LogP contribution in [0.5, 0.6) is 0 Å². The maximum Gasteiger partial charge on any atom is 0.396 e. The number of benzene rings is 1. The van der Waals surface area contributed by atoms with Crippen molar-refractivity contribution in [3.05, 3.63) is 66.0 Å². The molecule has 2 heterocycles. The van der Waals surface area contributed by atoms with Gasteiger partial charge in [0.15, 0.2) is 0 Å². The van der Waals surface area contributed by atoms with Crippen LogP contribution in [0.4, 0.5) is 13.2 Å². The molecule has 1 saturated heterocycles. The number of halogens is 4. The molecule has 27 heavy (non-hydrogen) atoms. The summed E-state index contributed by atoms with van der Waals surface area (Å²) in [5.74, 6) is -2.30. The largest absolute Gasteiger partial charge is 0.396 e. The number of carbonyl (C=O) groups excluding carboxylic acids is 1. The monoisotopic (exact) mass is 399 g/mol. The van der Waals surface area contributed by atoms with Crippen molar-refractivity contribution in [1.29, 1.82) is 0 Å². The van der Waals surface area contributed by atoms with E-state index < -0.39 is 24.4 Å². The Morgan fingerprint density at radius 3 is 2.59 bits per heavy atom. The Bertz CT molecular complexity index is 728. The molecule has 1 fully saturated rings. The van der Waals surface area contributed by atoms with Crippen LogP contribution in [0.2, 0.25) is 0 Å². The quantitative estimate of drug-likeness (QED) is 0.852. The number of piperazine rings is 1. The number of hydrogen-bond donors (Lipinski definition) is 1. The van der Waals surface area contributed by atoms with Crippen molar-refractivity contribution in [2.45, 2.75) is 24.6 Å². The van der Waals surface area contributed by atoms with Gasteiger partial charge in [-0.1, -0.05) is 36.4 Å². The van der Waals surface area contributed by atoms with Gasteiger partial charge in [-0.25, -0.2) is 0 Å². The molecule has 2 aromatic rings. The first-order valence-electron chi connectivity index (χ1n) is 8.48. The van der Waals surface area contributed by atoms with Crippen LogP contribution in [0.3, 0.4) is 0 Å². The highest BCUT2D eigenvalue weighted by molar-refractivity contribution is 5.85. The highest BCUT2D eigenvalue weighted by atomic mass is 35.5. The van der Waals surface area contributed by atoms with Crippen LogP contribution in [0.15, 0.2) is 54.9 Å². The topological polar surface area (TPSA) is 45.2 Å². The molecule has 4 nitrogen and oxygen atoms in total. The summed E-state index contributed by atoms with van der Waals surface area (Å²) in [5, 5.41) is 3.19. The van der Waals surface area contributed by atoms with Crippen molar-refractivity contribution >= 4 is 18.3 Å². The summed E-state index contributed by atoms with van der Waals surface area (Å²) in [4.78, 5) is 18.4. The van der Waals surface area contributed by atoms with Gasteiger partial charge < -0.3 is 10.2 Å². The summed E-state index contributed by atoms with van der Waals surface area (Å²) in [7, 11) is 0. The van der Waals surface area contributed by atoms with Crippen molar-refractivity contribution in [2.24, 2.45) is 0 Å². The van der Waals surface area contributed by atoms with Crippen LogP contribution in [0, 0.1) is 0 Å². The molecule has 2 unspecified atom stereocenters. The first-order chi connectivity index (χ1) is 12.5. The minimum Gasteiger partial charge on any atom is -0.333 e. The van der Waals surface area contributed by atoms with Gasteiger partial charge in [0, 0.05) is 38.4 Å². The third-order valence-corrected chi connectivity index (χ3v) is 4.61. The molecule has 1 aliphatic heterocycles. The zero-order chi connectivity index (χ0) is 18.6. The number of alkyl halides is 3. The molecule has 0 spiro atoms. The molecule has 0 bridgehead atoms. The lowest BCUT2D eigenvalue weighted by Gasteiger charge is -2.37. The normalized spacial score (nSPS) is 18.5. The Morgan fingerprint density at radius 1 is 1.22 bits per heavy atom. The summed E-state index contributed by atoms with van der Waals surface area (Å²) in [6.07, 6.45) is -1.80. The van der Waals surface area contributed by atoms with E-state index in [1.54, 1.807) is 36.7 Å². The molecule has 3 rings (SSSR count). The van der Waals surface area contributed by atoms with Gasteiger partial charge in [0.05, 0.1) is 12.0 Å². The van der Waals surface area contributed by atoms with Crippen LogP contribution < -0.4 is 5.32 Å². The van der Waals surface area contributed by atoms with E-state index >= 15 is 0 Å². The number of rotatable bonds is 4. The molecule has 1 aromatic heterocycles. The highest BCUT2D eigenvalue weighted by Gasteiger charge is 2.43. The Hall–Kier alpha value is -2.12. The number of nitrogens with one attached hydrogen (secondary N) is 1. The van der Waals surface area contributed by atoms with Gasteiger partial charge in [-0.3, -0.25) is 9.78 Å². The average Bonchev–Trinajstić information content (AvgIpc) is 2.66.